The normalized spacial score (nSPS) is 11.7. The van der Waals surface area contributed by atoms with Crippen molar-refractivity contribution in [3.63, 3.8) is 0 Å². The van der Waals surface area contributed by atoms with Crippen LogP contribution >= 0.6 is 0 Å². The van der Waals surface area contributed by atoms with Gasteiger partial charge in [-0.15, -0.1) is 0 Å². The third-order valence-electron chi connectivity index (χ3n) is 6.39. The highest BCUT2D eigenvalue weighted by molar-refractivity contribution is 6.32. The number of carbonyl (C=O) groups is 6. The lowest BCUT2D eigenvalue weighted by Crippen LogP contribution is -2.45. The van der Waals surface area contributed by atoms with Gasteiger partial charge in [0.25, 0.3) is 0 Å². The van der Waals surface area contributed by atoms with Crippen molar-refractivity contribution in [2.45, 2.75) is 33.6 Å². The Hall–Kier alpha value is -5.26. The van der Waals surface area contributed by atoms with Crippen molar-refractivity contribution < 1.29 is 57.2 Å². The molecule has 0 saturated heterocycles. The van der Waals surface area contributed by atoms with Gasteiger partial charge >= 0.3 is 29.8 Å². The predicted octanol–water partition coefficient (Wildman–Crippen LogP) is 3.74. The molecule has 46 heavy (non-hydrogen) atoms. The van der Waals surface area contributed by atoms with Crippen LogP contribution in [0.5, 0.6) is 5.75 Å². The van der Waals surface area contributed by atoms with Crippen LogP contribution in [0.25, 0.3) is 11.1 Å². The van der Waals surface area contributed by atoms with Crippen LogP contribution < -0.4 is 4.74 Å². The summed E-state index contributed by atoms with van der Waals surface area (Å²) >= 11 is 0. The van der Waals surface area contributed by atoms with Crippen LogP contribution in [-0.4, -0.2) is 75.8 Å². The molecule has 1 atom stereocenters. The minimum atomic E-state index is -1.53. The molecule has 2 rings (SSSR count). The number of rotatable bonds is 17. The molecule has 0 aromatic heterocycles. The number of hydrogen-bond donors (Lipinski definition) is 0. The van der Waals surface area contributed by atoms with Crippen LogP contribution in [0.4, 0.5) is 0 Å². The maximum Gasteiger partial charge on any atom is 0.417 e. The van der Waals surface area contributed by atoms with Crippen LogP contribution in [0.1, 0.15) is 32.8 Å². The lowest BCUT2D eigenvalue weighted by Gasteiger charge is -2.31. The van der Waals surface area contributed by atoms with Crippen LogP contribution in [0.15, 0.2) is 72.8 Å². The summed E-state index contributed by atoms with van der Waals surface area (Å²) in [6, 6.07) is 14.9. The monoisotopic (exact) mass is 638 g/mol. The highest BCUT2D eigenvalue weighted by Gasteiger charge is 2.38. The molecule has 246 valence electrons. The Bertz CT molecular complexity index is 1410. The predicted molar refractivity (Wildman–Crippen MR) is 164 cm³/mol. The fraction of sp³-hybridized carbons (Fsp3) is 0.353. The lowest BCUT2D eigenvalue weighted by atomic mass is 9.92. The minimum absolute atomic E-state index is 0.0785. The Morgan fingerprint density at radius 3 is 1.59 bits per heavy atom. The highest BCUT2D eigenvalue weighted by atomic mass is 16.6. The van der Waals surface area contributed by atoms with Crippen LogP contribution in [-0.2, 0) is 58.9 Å². The van der Waals surface area contributed by atoms with Gasteiger partial charge in [-0.25, -0.2) is 24.0 Å². The standard InChI is InChI=1S/C34H38O12/c1-22(2)29(36)42-17-7-8-25-9-11-26(12-10-25)27-13-15-28(16-14-27)43-18-34(19-44-30(37)23(3)4,20-45-31(38)24(5)35)21-46-33(40)32(39)41-6/h9-16H,1,3,7-8,17-21H2,2,4-6H3. The summed E-state index contributed by atoms with van der Waals surface area (Å²) in [5, 5.41) is 0. The van der Waals surface area contributed by atoms with Crippen molar-refractivity contribution in [2.24, 2.45) is 5.41 Å². The SMILES string of the molecule is C=C(C)C(=O)OCCCc1ccc(-c2ccc(OCC(COC(=O)C(=C)C)(COC(=O)C(C)=O)COC(=O)C(=O)OC)cc2)cc1. The molecule has 0 amide bonds. The first-order valence-electron chi connectivity index (χ1n) is 14.2. The molecule has 1 unspecified atom stereocenters. The van der Waals surface area contributed by atoms with Gasteiger partial charge in [0, 0.05) is 18.1 Å². The number of hydrogen-bond acceptors (Lipinski definition) is 12. The van der Waals surface area contributed by atoms with Crippen LogP contribution in [0.3, 0.4) is 0 Å². The van der Waals surface area contributed by atoms with Gasteiger partial charge in [-0.1, -0.05) is 49.6 Å². The second kappa shape index (κ2) is 17.9. The quantitative estimate of drug-likeness (QED) is 0.0814. The molecule has 12 heteroatoms. The van der Waals surface area contributed by atoms with E-state index in [1.807, 2.05) is 36.4 Å². The molecule has 0 heterocycles. The molecule has 0 spiro atoms. The van der Waals surface area contributed by atoms with Crippen molar-refractivity contribution in [1.82, 2.24) is 0 Å². The zero-order valence-corrected chi connectivity index (χ0v) is 26.4. The van der Waals surface area contributed by atoms with Gasteiger partial charge < -0.3 is 28.4 Å². The van der Waals surface area contributed by atoms with Crippen molar-refractivity contribution in [3.05, 3.63) is 78.4 Å². The average Bonchev–Trinajstić information content (AvgIpc) is 3.05. The van der Waals surface area contributed by atoms with E-state index in [-0.39, 0.29) is 12.2 Å². The number of Topliss-reactive ketones (excluding diaryl/α,β-unsaturated/α-hetero) is 1. The number of esters is 5. The first-order chi connectivity index (χ1) is 21.8. The lowest BCUT2D eigenvalue weighted by molar-refractivity contribution is -0.174. The van der Waals surface area contributed by atoms with Crippen LogP contribution in [0, 0.1) is 5.41 Å². The molecule has 2 aromatic carbocycles. The van der Waals surface area contributed by atoms with Crippen molar-refractivity contribution in [2.75, 3.05) is 40.1 Å². The van der Waals surface area contributed by atoms with E-state index in [2.05, 4.69) is 17.9 Å². The molecule has 2 aromatic rings. The van der Waals surface area contributed by atoms with Gasteiger partial charge in [-0.05, 0) is 55.5 Å². The highest BCUT2D eigenvalue weighted by Crippen LogP contribution is 2.27. The van der Waals surface area contributed by atoms with Gasteiger partial charge in [0.1, 0.15) is 37.6 Å². The number of ether oxygens (including phenoxy) is 6. The second-order valence-electron chi connectivity index (χ2n) is 10.6. The molecular formula is C34H38O12. The molecule has 0 aliphatic carbocycles. The number of aryl methyl sites for hydroxylation is 1. The summed E-state index contributed by atoms with van der Waals surface area (Å²) < 4.78 is 30.9. The third-order valence-corrected chi connectivity index (χ3v) is 6.39. The molecule has 0 fully saturated rings. The molecule has 12 nitrogen and oxygen atoms in total. The first-order valence-corrected chi connectivity index (χ1v) is 14.2. The Labute approximate surface area is 267 Å². The van der Waals surface area contributed by atoms with Gasteiger partial charge in [0.15, 0.2) is 0 Å². The summed E-state index contributed by atoms with van der Waals surface area (Å²) in [6.45, 7) is 9.44. The topological polar surface area (TPSA) is 158 Å². The van der Waals surface area contributed by atoms with Crippen LogP contribution in [0.2, 0.25) is 0 Å². The van der Waals surface area contributed by atoms with E-state index in [4.69, 9.17) is 23.7 Å². The molecular weight excluding hydrogens is 600 g/mol. The van der Waals surface area contributed by atoms with E-state index in [1.54, 1.807) is 19.1 Å². The fourth-order valence-corrected chi connectivity index (χ4v) is 3.68. The molecule has 0 aliphatic rings. The summed E-state index contributed by atoms with van der Waals surface area (Å²) in [4.78, 5) is 70.8. The van der Waals surface area contributed by atoms with Gasteiger partial charge in [0.2, 0.25) is 5.78 Å². The zero-order chi connectivity index (χ0) is 34.3. The Morgan fingerprint density at radius 2 is 1.09 bits per heavy atom. The number of carbonyl (C=O) groups excluding carboxylic acids is 6. The van der Waals surface area contributed by atoms with Crippen molar-refractivity contribution in [3.8, 4) is 16.9 Å². The fourth-order valence-electron chi connectivity index (χ4n) is 3.68. The van der Waals surface area contributed by atoms with Crippen molar-refractivity contribution in [1.29, 1.82) is 0 Å². The maximum absolute atomic E-state index is 12.2. The van der Waals surface area contributed by atoms with E-state index in [0.717, 1.165) is 37.1 Å². The number of ketones is 1. The summed E-state index contributed by atoms with van der Waals surface area (Å²) in [6.07, 6.45) is 1.41. The number of methoxy groups -OCH3 is 1. The molecule has 0 bridgehead atoms. The molecule has 0 radical (unpaired) electrons. The first kappa shape index (κ1) is 36.9. The molecule has 0 saturated carbocycles. The van der Waals surface area contributed by atoms with Gasteiger partial charge in [-0.3, -0.25) is 4.79 Å². The summed E-state index contributed by atoms with van der Waals surface area (Å²) in [7, 11) is 0.994. The third kappa shape index (κ3) is 12.0. The summed E-state index contributed by atoms with van der Waals surface area (Å²) in [5.41, 5.74) is 1.82. The Kier molecular flexibility index (Phi) is 14.4. The van der Waals surface area contributed by atoms with E-state index in [1.165, 1.54) is 6.92 Å². The van der Waals surface area contributed by atoms with E-state index in [9.17, 15) is 28.8 Å². The summed E-state index contributed by atoms with van der Waals surface area (Å²) in [5.74, 6) is -5.47. The van der Waals surface area contributed by atoms with Gasteiger partial charge in [-0.2, -0.15) is 0 Å². The van der Waals surface area contributed by atoms with E-state index < -0.39 is 60.9 Å². The average molecular weight is 639 g/mol. The Morgan fingerprint density at radius 1 is 0.609 bits per heavy atom. The Balaban J connectivity index is 2.17. The smallest absolute Gasteiger partial charge is 0.417 e. The minimum Gasteiger partial charge on any atom is -0.493 e. The maximum atomic E-state index is 12.2. The zero-order valence-electron chi connectivity index (χ0n) is 26.4. The number of benzene rings is 2. The van der Waals surface area contributed by atoms with Crippen molar-refractivity contribution >= 4 is 35.6 Å². The van der Waals surface area contributed by atoms with Gasteiger partial charge in [0.05, 0.1) is 13.7 Å². The molecule has 0 N–H and O–H groups in total. The second-order valence-corrected chi connectivity index (χ2v) is 10.6. The molecule has 0 aliphatic heterocycles. The van der Waals surface area contributed by atoms with E-state index in [0.29, 0.717) is 24.4 Å². The van der Waals surface area contributed by atoms with E-state index >= 15 is 0 Å². The largest absolute Gasteiger partial charge is 0.493 e.